The standard InChI is InChI=1S/C13H22N4/c1-14-9-12-13(11-3-2-4-11)17(16-15-12)8-7-10-5-6-10/h10-11,14H,2-9H2,1H3. The van der Waals surface area contributed by atoms with Crippen molar-refractivity contribution in [2.24, 2.45) is 5.92 Å². The van der Waals surface area contributed by atoms with Crippen molar-refractivity contribution < 1.29 is 0 Å². The monoisotopic (exact) mass is 234 g/mol. The average Bonchev–Trinajstić information content (AvgIpc) is 3.01. The summed E-state index contributed by atoms with van der Waals surface area (Å²) in [5.41, 5.74) is 2.60. The molecule has 2 fully saturated rings. The summed E-state index contributed by atoms with van der Waals surface area (Å²) in [6, 6.07) is 0. The van der Waals surface area contributed by atoms with Crippen molar-refractivity contribution in [3.63, 3.8) is 0 Å². The maximum absolute atomic E-state index is 4.36. The summed E-state index contributed by atoms with van der Waals surface area (Å²) in [5, 5.41) is 11.9. The molecule has 0 aliphatic heterocycles. The van der Waals surface area contributed by atoms with E-state index in [1.54, 1.807) is 0 Å². The van der Waals surface area contributed by atoms with Crippen molar-refractivity contribution in [1.82, 2.24) is 20.3 Å². The lowest BCUT2D eigenvalue weighted by Gasteiger charge is -2.26. The summed E-state index contributed by atoms with van der Waals surface area (Å²) in [7, 11) is 1.98. The Morgan fingerprint density at radius 1 is 1.29 bits per heavy atom. The van der Waals surface area contributed by atoms with Crippen LogP contribution in [0.3, 0.4) is 0 Å². The first-order valence-electron chi connectivity index (χ1n) is 6.95. The molecule has 1 heterocycles. The lowest BCUT2D eigenvalue weighted by Crippen LogP contribution is -2.18. The van der Waals surface area contributed by atoms with Gasteiger partial charge < -0.3 is 5.32 Å². The van der Waals surface area contributed by atoms with Gasteiger partial charge in [-0.15, -0.1) is 5.10 Å². The molecule has 1 aromatic rings. The largest absolute Gasteiger partial charge is 0.314 e. The van der Waals surface area contributed by atoms with Gasteiger partial charge in [-0.1, -0.05) is 24.5 Å². The van der Waals surface area contributed by atoms with E-state index in [1.165, 1.54) is 49.9 Å². The van der Waals surface area contributed by atoms with Crippen LogP contribution in [0.15, 0.2) is 0 Å². The van der Waals surface area contributed by atoms with E-state index < -0.39 is 0 Å². The lowest BCUT2D eigenvalue weighted by atomic mass is 9.82. The Hall–Kier alpha value is -0.900. The molecule has 0 spiro atoms. The van der Waals surface area contributed by atoms with Crippen molar-refractivity contribution >= 4 is 0 Å². The Kier molecular flexibility index (Phi) is 3.14. The van der Waals surface area contributed by atoms with Gasteiger partial charge in [0.25, 0.3) is 0 Å². The van der Waals surface area contributed by atoms with Crippen LogP contribution in [0.5, 0.6) is 0 Å². The van der Waals surface area contributed by atoms with E-state index in [1.807, 2.05) is 7.05 Å². The van der Waals surface area contributed by atoms with Crippen molar-refractivity contribution in [2.75, 3.05) is 7.05 Å². The smallest absolute Gasteiger partial charge is 0.0999 e. The first-order chi connectivity index (χ1) is 8.38. The second-order valence-electron chi connectivity index (χ2n) is 5.53. The highest BCUT2D eigenvalue weighted by atomic mass is 15.4. The van der Waals surface area contributed by atoms with Crippen LogP contribution in [0.1, 0.15) is 55.8 Å². The van der Waals surface area contributed by atoms with Gasteiger partial charge >= 0.3 is 0 Å². The number of aryl methyl sites for hydroxylation is 1. The van der Waals surface area contributed by atoms with Gasteiger partial charge in [0.2, 0.25) is 0 Å². The van der Waals surface area contributed by atoms with E-state index >= 15 is 0 Å². The van der Waals surface area contributed by atoms with E-state index in [4.69, 9.17) is 0 Å². The van der Waals surface area contributed by atoms with Gasteiger partial charge in [0.05, 0.1) is 11.4 Å². The van der Waals surface area contributed by atoms with E-state index in [9.17, 15) is 0 Å². The van der Waals surface area contributed by atoms with Gasteiger partial charge in [0, 0.05) is 19.0 Å². The van der Waals surface area contributed by atoms with E-state index in [-0.39, 0.29) is 0 Å². The maximum atomic E-state index is 4.36. The molecule has 1 N–H and O–H groups in total. The maximum Gasteiger partial charge on any atom is 0.0999 e. The van der Waals surface area contributed by atoms with Crippen molar-refractivity contribution in [3.05, 3.63) is 11.4 Å². The minimum absolute atomic E-state index is 0.729. The fourth-order valence-corrected chi connectivity index (χ4v) is 2.65. The molecule has 17 heavy (non-hydrogen) atoms. The fourth-order valence-electron chi connectivity index (χ4n) is 2.65. The summed E-state index contributed by atoms with van der Waals surface area (Å²) in [6.45, 7) is 1.93. The lowest BCUT2D eigenvalue weighted by molar-refractivity contribution is 0.379. The molecule has 0 amide bonds. The van der Waals surface area contributed by atoms with E-state index in [0.717, 1.165) is 24.9 Å². The van der Waals surface area contributed by atoms with Crippen LogP contribution in [0, 0.1) is 5.92 Å². The molecular weight excluding hydrogens is 212 g/mol. The molecule has 0 radical (unpaired) electrons. The molecule has 0 unspecified atom stereocenters. The molecular formula is C13H22N4. The Morgan fingerprint density at radius 3 is 2.71 bits per heavy atom. The first kappa shape index (κ1) is 11.2. The summed E-state index contributed by atoms with van der Waals surface area (Å²) < 4.78 is 2.19. The molecule has 2 aliphatic carbocycles. The predicted octanol–water partition coefficient (Wildman–Crippen LogP) is 2.07. The molecule has 2 saturated carbocycles. The minimum atomic E-state index is 0.729. The van der Waals surface area contributed by atoms with Crippen LogP contribution in [0.25, 0.3) is 0 Å². The highest BCUT2D eigenvalue weighted by Gasteiger charge is 2.28. The molecule has 0 bridgehead atoms. The van der Waals surface area contributed by atoms with Crippen molar-refractivity contribution in [2.45, 2.75) is 57.5 Å². The van der Waals surface area contributed by atoms with Gasteiger partial charge in [-0.3, -0.25) is 0 Å². The summed E-state index contributed by atoms with van der Waals surface area (Å²) >= 11 is 0. The molecule has 0 saturated heterocycles. The van der Waals surface area contributed by atoms with Gasteiger partial charge in [0.15, 0.2) is 0 Å². The summed E-state index contributed by atoms with van der Waals surface area (Å²) in [5.74, 6) is 1.70. The van der Waals surface area contributed by atoms with E-state index in [0.29, 0.717) is 0 Å². The SMILES string of the molecule is CNCc1nnn(CCC2CC2)c1C1CCC1. The van der Waals surface area contributed by atoms with Crippen LogP contribution in [-0.2, 0) is 13.1 Å². The Balaban J connectivity index is 1.74. The van der Waals surface area contributed by atoms with Crippen LogP contribution >= 0.6 is 0 Å². The fraction of sp³-hybridized carbons (Fsp3) is 0.846. The molecule has 2 aliphatic rings. The zero-order valence-corrected chi connectivity index (χ0v) is 10.7. The Morgan fingerprint density at radius 2 is 2.12 bits per heavy atom. The van der Waals surface area contributed by atoms with Crippen LogP contribution in [-0.4, -0.2) is 22.0 Å². The average molecular weight is 234 g/mol. The second-order valence-corrected chi connectivity index (χ2v) is 5.53. The molecule has 4 heteroatoms. The van der Waals surface area contributed by atoms with Gasteiger partial charge in [0.1, 0.15) is 0 Å². The quantitative estimate of drug-likeness (QED) is 0.819. The highest BCUT2D eigenvalue weighted by Crippen LogP contribution is 2.38. The number of hydrogen-bond acceptors (Lipinski definition) is 3. The number of nitrogens with one attached hydrogen (secondary N) is 1. The van der Waals surface area contributed by atoms with Crippen molar-refractivity contribution in [3.8, 4) is 0 Å². The Bertz CT molecular complexity index is 377. The number of nitrogens with zero attached hydrogens (tertiary/aromatic N) is 3. The third-order valence-corrected chi connectivity index (χ3v) is 4.13. The van der Waals surface area contributed by atoms with Gasteiger partial charge in [-0.25, -0.2) is 4.68 Å². The van der Waals surface area contributed by atoms with Crippen LogP contribution < -0.4 is 5.32 Å². The number of rotatable bonds is 6. The topological polar surface area (TPSA) is 42.7 Å². The highest BCUT2D eigenvalue weighted by molar-refractivity contribution is 5.18. The first-order valence-corrected chi connectivity index (χ1v) is 6.95. The molecule has 4 nitrogen and oxygen atoms in total. The second kappa shape index (κ2) is 4.77. The third-order valence-electron chi connectivity index (χ3n) is 4.13. The number of aromatic nitrogens is 3. The summed E-state index contributed by atoms with van der Waals surface area (Å²) in [4.78, 5) is 0. The minimum Gasteiger partial charge on any atom is -0.314 e. The summed E-state index contributed by atoms with van der Waals surface area (Å²) in [6.07, 6.45) is 8.17. The number of hydrogen-bond donors (Lipinski definition) is 1. The third kappa shape index (κ3) is 2.37. The van der Waals surface area contributed by atoms with Crippen LogP contribution in [0.4, 0.5) is 0 Å². The van der Waals surface area contributed by atoms with E-state index in [2.05, 4.69) is 20.3 Å². The Labute approximate surface area is 103 Å². The molecule has 0 aromatic carbocycles. The molecule has 0 atom stereocenters. The predicted molar refractivity (Wildman–Crippen MR) is 66.7 cm³/mol. The molecule has 1 aromatic heterocycles. The zero-order chi connectivity index (χ0) is 11.7. The zero-order valence-electron chi connectivity index (χ0n) is 10.7. The molecule has 94 valence electrons. The van der Waals surface area contributed by atoms with Crippen LogP contribution in [0.2, 0.25) is 0 Å². The molecule has 3 rings (SSSR count). The van der Waals surface area contributed by atoms with Crippen molar-refractivity contribution in [1.29, 1.82) is 0 Å². The van der Waals surface area contributed by atoms with Gasteiger partial charge in [-0.2, -0.15) is 0 Å². The normalized spacial score (nSPS) is 20.5. The van der Waals surface area contributed by atoms with Gasteiger partial charge in [-0.05, 0) is 32.2 Å².